The average molecular weight is 323 g/mol. The van der Waals surface area contributed by atoms with E-state index in [9.17, 15) is 9.90 Å². The Morgan fingerprint density at radius 2 is 1.86 bits per heavy atom. The fraction of sp³-hybridized carbons (Fsp3) is 0.438. The van der Waals surface area contributed by atoms with Gasteiger partial charge in [-0.05, 0) is 39.2 Å². The highest BCUT2D eigenvalue weighted by Gasteiger charge is 2.52. The average Bonchev–Trinajstić information content (AvgIpc) is 2.65. The third-order valence-corrected chi connectivity index (χ3v) is 4.61. The van der Waals surface area contributed by atoms with Gasteiger partial charge in [0.2, 0.25) is 0 Å². The number of carbonyl (C=O) groups excluding carboxylic acids is 1. The topological polar surface area (TPSA) is 55.8 Å². The Bertz CT molecular complexity index is 594. The number of hydrogen-bond acceptors (Lipinski definition) is 4. The predicted molar refractivity (Wildman–Crippen MR) is 88.0 cm³/mol. The van der Waals surface area contributed by atoms with Crippen LogP contribution in [0.4, 0.5) is 0 Å². The number of aldehydes is 1. The first-order valence-corrected chi connectivity index (χ1v) is 7.50. The lowest BCUT2D eigenvalue weighted by atomic mass is 9.77. The van der Waals surface area contributed by atoms with Gasteiger partial charge in [-0.3, -0.25) is 4.79 Å². The minimum absolute atomic E-state index is 0.250. The molecule has 1 aromatic rings. The maximum Gasteiger partial charge on any atom is 0.492 e. The molecule has 2 rings (SSSR count). The zero-order chi connectivity index (χ0) is 16.5. The highest BCUT2D eigenvalue weighted by molar-refractivity contribution is 6.56. The highest BCUT2D eigenvalue weighted by atomic mass is 35.5. The monoisotopic (exact) mass is 322 g/mol. The van der Waals surface area contributed by atoms with E-state index in [0.717, 1.165) is 6.29 Å². The highest BCUT2D eigenvalue weighted by Crippen LogP contribution is 2.39. The van der Waals surface area contributed by atoms with Crippen LogP contribution in [-0.2, 0) is 9.31 Å². The van der Waals surface area contributed by atoms with Crippen molar-refractivity contribution in [2.24, 2.45) is 0 Å². The smallest absolute Gasteiger partial charge is 0.400 e. The van der Waals surface area contributed by atoms with Crippen molar-refractivity contribution in [3.63, 3.8) is 0 Å². The van der Waals surface area contributed by atoms with Gasteiger partial charge in [0.15, 0.2) is 6.29 Å². The molecule has 0 atom stereocenters. The SMILES string of the molecule is CC1(C)OB(C(=Cc2c(Cl)cccc2C=O)CO)OC1(C)C. The summed E-state index contributed by atoms with van der Waals surface area (Å²) in [5, 5.41) is 10.1. The Kier molecular flexibility index (Phi) is 4.83. The quantitative estimate of drug-likeness (QED) is 0.683. The van der Waals surface area contributed by atoms with Crippen LogP contribution in [0.2, 0.25) is 5.02 Å². The summed E-state index contributed by atoms with van der Waals surface area (Å²) >= 11 is 6.16. The van der Waals surface area contributed by atoms with Crippen LogP contribution in [0.25, 0.3) is 6.08 Å². The molecule has 1 heterocycles. The number of aliphatic hydroxyl groups excluding tert-OH is 1. The van der Waals surface area contributed by atoms with Crippen LogP contribution in [0.5, 0.6) is 0 Å². The third kappa shape index (κ3) is 3.13. The molecular formula is C16H20BClO4. The Morgan fingerprint density at radius 1 is 1.27 bits per heavy atom. The molecule has 4 nitrogen and oxygen atoms in total. The van der Waals surface area contributed by atoms with E-state index in [1.807, 2.05) is 27.7 Å². The summed E-state index contributed by atoms with van der Waals surface area (Å²) in [5.74, 6) is 0. The minimum Gasteiger partial charge on any atom is -0.400 e. The molecule has 0 unspecified atom stereocenters. The fourth-order valence-corrected chi connectivity index (χ4v) is 2.41. The van der Waals surface area contributed by atoms with E-state index in [-0.39, 0.29) is 6.61 Å². The van der Waals surface area contributed by atoms with Gasteiger partial charge in [-0.1, -0.05) is 29.8 Å². The van der Waals surface area contributed by atoms with E-state index in [4.69, 9.17) is 20.9 Å². The van der Waals surface area contributed by atoms with E-state index in [1.54, 1.807) is 24.3 Å². The molecule has 22 heavy (non-hydrogen) atoms. The summed E-state index contributed by atoms with van der Waals surface area (Å²) in [6, 6.07) is 5.07. The molecule has 1 aliphatic rings. The molecule has 0 saturated carbocycles. The lowest BCUT2D eigenvalue weighted by Gasteiger charge is -2.32. The molecule has 1 fully saturated rings. The summed E-state index contributed by atoms with van der Waals surface area (Å²) in [5.41, 5.74) is 0.530. The van der Waals surface area contributed by atoms with E-state index >= 15 is 0 Å². The van der Waals surface area contributed by atoms with Gasteiger partial charge in [0, 0.05) is 16.1 Å². The van der Waals surface area contributed by atoms with Crippen molar-refractivity contribution >= 4 is 31.1 Å². The molecule has 0 bridgehead atoms. The molecule has 0 spiro atoms. The van der Waals surface area contributed by atoms with Crippen molar-refractivity contribution in [3.8, 4) is 0 Å². The molecule has 1 aromatic carbocycles. The second kappa shape index (κ2) is 6.16. The van der Waals surface area contributed by atoms with Crippen LogP contribution in [0.1, 0.15) is 43.6 Å². The maximum absolute atomic E-state index is 11.2. The number of aliphatic hydroxyl groups is 1. The van der Waals surface area contributed by atoms with Gasteiger partial charge in [0.05, 0.1) is 17.8 Å². The molecule has 0 radical (unpaired) electrons. The normalized spacial score (nSPS) is 20.3. The van der Waals surface area contributed by atoms with E-state index < -0.39 is 18.3 Å². The minimum atomic E-state index is -0.675. The van der Waals surface area contributed by atoms with E-state index in [1.165, 1.54) is 0 Å². The summed E-state index contributed by atoms with van der Waals surface area (Å²) in [6.07, 6.45) is 2.39. The van der Waals surface area contributed by atoms with Crippen LogP contribution in [0, 0.1) is 0 Å². The van der Waals surface area contributed by atoms with Crippen molar-refractivity contribution in [3.05, 3.63) is 39.8 Å². The summed E-state index contributed by atoms with van der Waals surface area (Å²) in [4.78, 5) is 11.2. The maximum atomic E-state index is 11.2. The Labute approximate surface area is 136 Å². The second-order valence-electron chi connectivity index (χ2n) is 6.33. The van der Waals surface area contributed by atoms with Crippen LogP contribution >= 0.6 is 11.6 Å². The molecule has 1 saturated heterocycles. The van der Waals surface area contributed by atoms with Crippen LogP contribution in [0.15, 0.2) is 23.7 Å². The van der Waals surface area contributed by atoms with E-state index in [0.29, 0.717) is 21.6 Å². The Morgan fingerprint density at radius 3 is 2.36 bits per heavy atom. The Hall–Kier alpha value is -1.14. The molecule has 6 heteroatoms. The van der Waals surface area contributed by atoms with Gasteiger partial charge in [-0.15, -0.1) is 0 Å². The first-order chi connectivity index (χ1) is 10.2. The molecule has 1 aliphatic heterocycles. The van der Waals surface area contributed by atoms with Gasteiger partial charge in [0.1, 0.15) is 0 Å². The lowest BCUT2D eigenvalue weighted by molar-refractivity contribution is 0.00578. The van der Waals surface area contributed by atoms with Crippen LogP contribution in [0.3, 0.4) is 0 Å². The number of carbonyl (C=O) groups is 1. The van der Waals surface area contributed by atoms with Crippen LogP contribution in [-0.4, -0.2) is 36.3 Å². The fourth-order valence-electron chi connectivity index (χ4n) is 2.18. The third-order valence-electron chi connectivity index (χ3n) is 4.28. The molecule has 0 aliphatic carbocycles. The zero-order valence-corrected chi connectivity index (χ0v) is 14.0. The van der Waals surface area contributed by atoms with Crippen LogP contribution < -0.4 is 0 Å². The first-order valence-electron chi connectivity index (χ1n) is 7.12. The number of hydrogen-bond donors (Lipinski definition) is 1. The van der Waals surface area contributed by atoms with Gasteiger partial charge in [0.25, 0.3) is 0 Å². The van der Waals surface area contributed by atoms with Gasteiger partial charge in [-0.2, -0.15) is 0 Å². The van der Waals surface area contributed by atoms with Crippen molar-refractivity contribution in [1.82, 2.24) is 0 Å². The predicted octanol–water partition coefficient (Wildman–Crippen LogP) is 3.16. The van der Waals surface area contributed by atoms with Crippen molar-refractivity contribution in [2.45, 2.75) is 38.9 Å². The van der Waals surface area contributed by atoms with E-state index in [2.05, 4.69) is 0 Å². The zero-order valence-electron chi connectivity index (χ0n) is 13.2. The summed E-state index contributed by atoms with van der Waals surface area (Å²) in [6.45, 7) is 7.51. The molecular weight excluding hydrogens is 302 g/mol. The summed E-state index contributed by atoms with van der Waals surface area (Å²) in [7, 11) is -0.675. The van der Waals surface area contributed by atoms with Crippen molar-refractivity contribution < 1.29 is 19.2 Å². The number of benzene rings is 1. The number of rotatable bonds is 4. The van der Waals surface area contributed by atoms with Crippen molar-refractivity contribution in [2.75, 3.05) is 6.61 Å². The number of halogens is 1. The second-order valence-corrected chi connectivity index (χ2v) is 6.73. The summed E-state index contributed by atoms with van der Waals surface area (Å²) < 4.78 is 11.8. The molecule has 0 aromatic heterocycles. The van der Waals surface area contributed by atoms with Crippen molar-refractivity contribution in [1.29, 1.82) is 0 Å². The first kappa shape index (κ1) is 17.2. The lowest BCUT2D eigenvalue weighted by Crippen LogP contribution is -2.41. The standard InChI is InChI=1S/C16H20BClO4/c1-15(2)16(3,4)22-17(21-15)12(10-20)8-13-11(9-19)6-5-7-14(13)18/h5-9,20H,10H2,1-4H3. The molecule has 1 N–H and O–H groups in total. The largest absolute Gasteiger partial charge is 0.492 e. The van der Waals surface area contributed by atoms with Gasteiger partial charge < -0.3 is 14.4 Å². The molecule has 0 amide bonds. The Balaban J connectivity index is 2.40. The molecule has 118 valence electrons. The van der Waals surface area contributed by atoms with Gasteiger partial charge in [-0.25, -0.2) is 0 Å². The van der Waals surface area contributed by atoms with Gasteiger partial charge >= 0.3 is 7.12 Å².